The van der Waals surface area contributed by atoms with Crippen LogP contribution in [-0.4, -0.2) is 42.3 Å². The average molecular weight is 195 g/mol. The van der Waals surface area contributed by atoms with Crippen molar-refractivity contribution in [1.82, 2.24) is 10.2 Å². The molecule has 78 valence electrons. The van der Waals surface area contributed by atoms with Gasteiger partial charge in [-0.1, -0.05) is 6.42 Å². The van der Waals surface area contributed by atoms with E-state index in [0.717, 1.165) is 12.3 Å². The van der Waals surface area contributed by atoms with E-state index < -0.39 is 0 Å². The number of nitrogens with zero attached hydrogens (tertiary/aromatic N) is 2. The summed E-state index contributed by atoms with van der Waals surface area (Å²) in [6.45, 7) is 5.19. The second-order valence-electron chi connectivity index (χ2n) is 4.12. The molecule has 14 heavy (non-hydrogen) atoms. The third kappa shape index (κ3) is 2.12. The van der Waals surface area contributed by atoms with Gasteiger partial charge in [-0.3, -0.25) is 0 Å². The number of rotatable bonds is 2. The topological polar surface area (TPSA) is 44.7 Å². The Morgan fingerprint density at radius 2 is 2.14 bits per heavy atom. The van der Waals surface area contributed by atoms with Crippen molar-refractivity contribution in [3.63, 3.8) is 0 Å². The second kappa shape index (κ2) is 4.09. The third-order valence-corrected chi connectivity index (χ3v) is 2.97. The van der Waals surface area contributed by atoms with Gasteiger partial charge < -0.3 is 10.2 Å². The van der Waals surface area contributed by atoms with Crippen molar-refractivity contribution in [1.29, 1.82) is 0 Å². The lowest BCUT2D eigenvalue weighted by molar-refractivity contribution is 0.218. The summed E-state index contributed by atoms with van der Waals surface area (Å²) in [6.07, 6.45) is 3.92. The first-order valence-corrected chi connectivity index (χ1v) is 5.34. The number of urea groups is 1. The summed E-state index contributed by atoms with van der Waals surface area (Å²) in [5, 5.41) is 2.87. The molecule has 2 rings (SSSR count). The largest absolute Gasteiger partial charge is 0.341 e. The Bertz CT molecular complexity index is 256. The lowest BCUT2D eigenvalue weighted by atomic mass is 10.1. The Hall–Kier alpha value is -0.900. The summed E-state index contributed by atoms with van der Waals surface area (Å²) >= 11 is 0. The van der Waals surface area contributed by atoms with Crippen molar-refractivity contribution in [2.45, 2.75) is 32.2 Å². The summed E-state index contributed by atoms with van der Waals surface area (Å²) in [6, 6.07) is -0.0230. The summed E-state index contributed by atoms with van der Waals surface area (Å²) in [5.41, 5.74) is 0.931. The van der Waals surface area contributed by atoms with E-state index in [1.165, 1.54) is 32.4 Å². The van der Waals surface area contributed by atoms with Crippen LogP contribution in [0.15, 0.2) is 4.99 Å². The molecule has 0 radical (unpaired) electrons. The molecule has 1 N–H and O–H groups in total. The van der Waals surface area contributed by atoms with Gasteiger partial charge >= 0.3 is 6.03 Å². The van der Waals surface area contributed by atoms with Gasteiger partial charge in [-0.15, -0.1) is 0 Å². The zero-order valence-electron chi connectivity index (χ0n) is 8.62. The van der Waals surface area contributed by atoms with Gasteiger partial charge in [0.2, 0.25) is 0 Å². The van der Waals surface area contributed by atoms with E-state index in [4.69, 9.17) is 0 Å². The van der Waals surface area contributed by atoms with Crippen molar-refractivity contribution in [3.05, 3.63) is 0 Å². The fraction of sp³-hybridized carbons (Fsp3) is 0.800. The summed E-state index contributed by atoms with van der Waals surface area (Å²) in [4.78, 5) is 17.3. The predicted octanol–water partition coefficient (Wildman–Crippen LogP) is 1.03. The highest BCUT2D eigenvalue weighted by Crippen LogP contribution is 2.10. The Balaban J connectivity index is 1.85. The molecule has 1 atom stereocenters. The van der Waals surface area contributed by atoms with Crippen molar-refractivity contribution >= 4 is 11.7 Å². The molecule has 0 saturated carbocycles. The zero-order valence-corrected chi connectivity index (χ0v) is 8.62. The van der Waals surface area contributed by atoms with Gasteiger partial charge in [-0.2, -0.15) is 0 Å². The average Bonchev–Trinajstić information content (AvgIpc) is 2.47. The monoisotopic (exact) mass is 195 g/mol. The molecule has 1 fully saturated rings. The number of carbonyl (C=O) groups excluding carboxylic acids is 1. The number of amides is 2. The fourth-order valence-electron chi connectivity index (χ4n) is 2.10. The Kier molecular flexibility index (Phi) is 2.82. The van der Waals surface area contributed by atoms with Crippen LogP contribution in [0.25, 0.3) is 0 Å². The van der Waals surface area contributed by atoms with Gasteiger partial charge in [0.1, 0.15) is 0 Å². The first kappa shape index (κ1) is 9.65. The van der Waals surface area contributed by atoms with Gasteiger partial charge in [-0.25, -0.2) is 9.79 Å². The zero-order chi connectivity index (χ0) is 9.97. The Labute approximate surface area is 84.4 Å². The van der Waals surface area contributed by atoms with Crippen LogP contribution in [0.5, 0.6) is 0 Å². The molecule has 0 aromatic heterocycles. The SMILES string of the molecule is CC1=NC(=O)NC1CN1CCCCC1. The number of hydrogen-bond donors (Lipinski definition) is 1. The van der Waals surface area contributed by atoms with Crippen LogP contribution in [0.4, 0.5) is 4.79 Å². The van der Waals surface area contributed by atoms with E-state index in [2.05, 4.69) is 15.2 Å². The Morgan fingerprint density at radius 1 is 1.43 bits per heavy atom. The molecule has 2 heterocycles. The number of piperidine rings is 1. The molecule has 0 aliphatic carbocycles. The van der Waals surface area contributed by atoms with Crippen molar-refractivity contribution in [3.8, 4) is 0 Å². The van der Waals surface area contributed by atoms with Crippen LogP contribution in [0.1, 0.15) is 26.2 Å². The van der Waals surface area contributed by atoms with Gasteiger partial charge in [0, 0.05) is 12.3 Å². The quantitative estimate of drug-likeness (QED) is 0.715. The van der Waals surface area contributed by atoms with E-state index in [0.29, 0.717) is 0 Å². The number of nitrogens with one attached hydrogen (secondary N) is 1. The minimum Gasteiger partial charge on any atom is -0.327 e. The van der Waals surface area contributed by atoms with E-state index in [1.54, 1.807) is 0 Å². The molecular formula is C10H17N3O. The number of carbonyl (C=O) groups is 1. The number of aliphatic imine (C=N–C) groups is 1. The maximum Gasteiger partial charge on any atom is 0.341 e. The van der Waals surface area contributed by atoms with Gasteiger partial charge in [0.05, 0.1) is 6.04 Å². The van der Waals surface area contributed by atoms with Crippen molar-refractivity contribution in [2.24, 2.45) is 4.99 Å². The Morgan fingerprint density at radius 3 is 2.71 bits per heavy atom. The van der Waals surface area contributed by atoms with Crippen LogP contribution >= 0.6 is 0 Å². The van der Waals surface area contributed by atoms with Gasteiger partial charge in [-0.05, 0) is 32.9 Å². The standard InChI is InChI=1S/C10H17N3O/c1-8-9(12-10(14)11-8)7-13-5-3-2-4-6-13/h9H,2-7H2,1H3,(H,12,14). The molecular weight excluding hydrogens is 178 g/mol. The van der Waals surface area contributed by atoms with Crippen LogP contribution in [0.3, 0.4) is 0 Å². The van der Waals surface area contributed by atoms with E-state index in [-0.39, 0.29) is 12.1 Å². The molecule has 4 nitrogen and oxygen atoms in total. The van der Waals surface area contributed by atoms with E-state index in [9.17, 15) is 4.79 Å². The summed E-state index contributed by atoms with van der Waals surface area (Å²) in [7, 11) is 0. The first-order chi connectivity index (χ1) is 6.75. The molecule has 4 heteroatoms. The molecule has 2 aliphatic heterocycles. The first-order valence-electron chi connectivity index (χ1n) is 5.34. The maximum atomic E-state index is 11.0. The van der Waals surface area contributed by atoms with Crippen LogP contribution in [-0.2, 0) is 0 Å². The van der Waals surface area contributed by atoms with E-state index >= 15 is 0 Å². The smallest absolute Gasteiger partial charge is 0.327 e. The molecule has 1 saturated heterocycles. The maximum absolute atomic E-state index is 11.0. The number of hydrogen-bond acceptors (Lipinski definition) is 2. The lowest BCUT2D eigenvalue weighted by Gasteiger charge is -2.28. The van der Waals surface area contributed by atoms with Crippen LogP contribution < -0.4 is 5.32 Å². The van der Waals surface area contributed by atoms with Gasteiger partial charge in [0.25, 0.3) is 0 Å². The highest BCUT2D eigenvalue weighted by Gasteiger charge is 2.24. The molecule has 2 aliphatic rings. The van der Waals surface area contributed by atoms with Crippen LogP contribution in [0.2, 0.25) is 0 Å². The summed E-state index contributed by atoms with van der Waals surface area (Å²) < 4.78 is 0. The molecule has 0 bridgehead atoms. The molecule has 2 amide bonds. The highest BCUT2D eigenvalue weighted by molar-refractivity contribution is 6.03. The molecule has 0 aromatic rings. The molecule has 0 aromatic carbocycles. The highest BCUT2D eigenvalue weighted by atomic mass is 16.2. The minimum absolute atomic E-state index is 0.153. The second-order valence-corrected chi connectivity index (χ2v) is 4.12. The fourth-order valence-corrected chi connectivity index (χ4v) is 2.10. The van der Waals surface area contributed by atoms with Crippen molar-refractivity contribution in [2.75, 3.05) is 19.6 Å². The van der Waals surface area contributed by atoms with Gasteiger partial charge in [0.15, 0.2) is 0 Å². The third-order valence-electron chi connectivity index (χ3n) is 2.97. The van der Waals surface area contributed by atoms with Crippen molar-refractivity contribution < 1.29 is 4.79 Å². The number of likely N-dealkylation sites (tertiary alicyclic amines) is 1. The minimum atomic E-state index is -0.176. The lowest BCUT2D eigenvalue weighted by Crippen LogP contribution is -2.44. The normalized spacial score (nSPS) is 28.8. The van der Waals surface area contributed by atoms with Crippen LogP contribution in [0, 0.1) is 0 Å². The summed E-state index contributed by atoms with van der Waals surface area (Å²) in [5.74, 6) is 0. The van der Waals surface area contributed by atoms with E-state index in [1.807, 2.05) is 6.92 Å². The predicted molar refractivity (Wildman–Crippen MR) is 55.7 cm³/mol. The molecule has 1 unspecified atom stereocenters. The molecule has 0 spiro atoms.